The van der Waals surface area contributed by atoms with Crippen molar-refractivity contribution in [1.29, 1.82) is 0 Å². The van der Waals surface area contributed by atoms with Crippen molar-refractivity contribution in [3.05, 3.63) is 35.9 Å². The van der Waals surface area contributed by atoms with Gasteiger partial charge in [0, 0.05) is 19.5 Å². The predicted octanol–water partition coefficient (Wildman–Crippen LogP) is -0.241. The number of aliphatic hydroxyl groups is 1. The molecular weight excluding hydrogens is 344 g/mol. The minimum absolute atomic E-state index is 0.0989. The van der Waals surface area contributed by atoms with Gasteiger partial charge < -0.3 is 20.5 Å². The number of alkyl carbamates (subject to hydrolysis) is 1. The quantitative estimate of drug-likeness (QED) is 0.414. The second-order valence-electron chi connectivity index (χ2n) is 4.26. The summed E-state index contributed by atoms with van der Waals surface area (Å²) in [6.45, 7) is 0.518. The monoisotopic (exact) mass is 364 g/mol. The Labute approximate surface area is 139 Å². The number of carbonyl (C=O) groups excluding carboxylic acids is 2. The van der Waals surface area contributed by atoms with Crippen LogP contribution in [0.15, 0.2) is 30.3 Å². The first-order valence-electron chi connectivity index (χ1n) is 6.74. The van der Waals surface area contributed by atoms with E-state index in [1.54, 1.807) is 0 Å². The van der Waals surface area contributed by atoms with Gasteiger partial charge in [0.05, 0.1) is 6.61 Å². The zero-order valence-electron chi connectivity index (χ0n) is 12.7. The third-order valence-corrected chi connectivity index (χ3v) is 2.27. The molecule has 5 N–H and O–H groups in total. The van der Waals surface area contributed by atoms with Crippen molar-refractivity contribution in [2.24, 2.45) is 0 Å². The maximum absolute atomic E-state index is 11.3. The number of nitrogens with one attached hydrogen (secondary N) is 2. The average molecular weight is 364 g/mol. The molecule has 0 heterocycles. The summed E-state index contributed by atoms with van der Waals surface area (Å²) in [6, 6.07) is 9.32. The Kier molecular flexibility index (Phi) is 11.1. The number of aliphatic hydroxyl groups excluding tert-OH is 1. The molecule has 0 unspecified atom stereocenters. The summed E-state index contributed by atoms with van der Waals surface area (Å²) in [7, 11) is -4.67. The van der Waals surface area contributed by atoms with Crippen LogP contribution in [0.1, 0.15) is 12.0 Å². The van der Waals surface area contributed by atoms with Crippen LogP contribution in [0.4, 0.5) is 4.79 Å². The molecule has 0 atom stereocenters. The Morgan fingerprint density at radius 2 is 1.62 bits per heavy atom. The second kappa shape index (κ2) is 12.2. The third-order valence-electron chi connectivity index (χ3n) is 2.27. The smallest absolute Gasteiger partial charge is 0.407 e. The number of hydrogen-bond acceptors (Lipinski definition) is 6. The molecule has 0 aliphatic carbocycles. The van der Waals surface area contributed by atoms with Crippen LogP contribution in [-0.2, 0) is 26.5 Å². The fraction of sp³-hybridized carbons (Fsp3) is 0.385. The highest BCUT2D eigenvalue weighted by atomic mass is 32.3. The molecule has 24 heavy (non-hydrogen) atoms. The molecule has 0 saturated heterocycles. The van der Waals surface area contributed by atoms with Gasteiger partial charge in [-0.15, -0.1) is 0 Å². The summed E-state index contributed by atoms with van der Waals surface area (Å²) >= 11 is 0. The van der Waals surface area contributed by atoms with E-state index in [-0.39, 0.29) is 38.6 Å². The standard InChI is InChI=1S/C13H18N2O4.H2O4S/c16-9-8-14-12(17)6-7-15-13(18)19-10-11-4-2-1-3-5-11;1-5(2,3)4/h1-5,16H,6-10H2,(H,14,17)(H,15,18);(H2,1,2,3,4). The minimum atomic E-state index is -4.67. The van der Waals surface area contributed by atoms with Gasteiger partial charge in [0.15, 0.2) is 0 Å². The van der Waals surface area contributed by atoms with E-state index in [1.807, 2.05) is 30.3 Å². The van der Waals surface area contributed by atoms with Gasteiger partial charge >= 0.3 is 16.5 Å². The van der Waals surface area contributed by atoms with Gasteiger partial charge in [-0.05, 0) is 5.56 Å². The van der Waals surface area contributed by atoms with Crippen molar-refractivity contribution in [3.63, 3.8) is 0 Å². The molecule has 0 spiro atoms. The van der Waals surface area contributed by atoms with E-state index >= 15 is 0 Å². The number of rotatable bonds is 7. The van der Waals surface area contributed by atoms with Gasteiger partial charge in [-0.1, -0.05) is 30.3 Å². The number of ether oxygens (including phenoxy) is 1. The summed E-state index contributed by atoms with van der Waals surface area (Å²) in [5.74, 6) is -0.225. The summed E-state index contributed by atoms with van der Waals surface area (Å²) in [6.07, 6.45) is -0.403. The van der Waals surface area contributed by atoms with Crippen molar-refractivity contribution in [1.82, 2.24) is 10.6 Å². The van der Waals surface area contributed by atoms with Crippen molar-refractivity contribution < 1.29 is 37.0 Å². The van der Waals surface area contributed by atoms with Gasteiger partial charge in [-0.25, -0.2) is 4.79 Å². The van der Waals surface area contributed by atoms with E-state index in [4.69, 9.17) is 27.4 Å². The van der Waals surface area contributed by atoms with Crippen LogP contribution in [0.25, 0.3) is 0 Å². The van der Waals surface area contributed by atoms with E-state index in [2.05, 4.69) is 10.6 Å². The average Bonchev–Trinajstić information content (AvgIpc) is 2.50. The summed E-state index contributed by atoms with van der Waals surface area (Å²) < 4.78 is 36.6. The van der Waals surface area contributed by atoms with E-state index < -0.39 is 16.5 Å². The molecular formula is C13H20N2O8S. The van der Waals surface area contributed by atoms with Crippen LogP contribution < -0.4 is 10.6 Å². The number of amides is 2. The highest BCUT2D eigenvalue weighted by Gasteiger charge is 2.04. The zero-order valence-corrected chi connectivity index (χ0v) is 13.5. The van der Waals surface area contributed by atoms with Crippen LogP contribution >= 0.6 is 0 Å². The number of benzene rings is 1. The molecule has 0 aliphatic heterocycles. The first-order valence-corrected chi connectivity index (χ1v) is 8.14. The Morgan fingerprint density at radius 3 is 2.17 bits per heavy atom. The number of hydrogen-bond donors (Lipinski definition) is 5. The van der Waals surface area contributed by atoms with Gasteiger partial charge in [0.1, 0.15) is 6.61 Å². The van der Waals surface area contributed by atoms with Crippen LogP contribution in [0.2, 0.25) is 0 Å². The number of carbonyl (C=O) groups is 2. The molecule has 11 heteroatoms. The normalized spacial score (nSPS) is 10.1. The first-order chi connectivity index (χ1) is 11.2. The molecule has 0 saturated carbocycles. The van der Waals surface area contributed by atoms with Crippen molar-refractivity contribution in [2.75, 3.05) is 19.7 Å². The summed E-state index contributed by atoms with van der Waals surface area (Å²) in [4.78, 5) is 22.5. The molecule has 1 rings (SSSR count). The van der Waals surface area contributed by atoms with Gasteiger partial charge in [-0.2, -0.15) is 8.42 Å². The van der Waals surface area contributed by atoms with E-state index in [1.165, 1.54) is 0 Å². The van der Waals surface area contributed by atoms with Crippen LogP contribution in [0.5, 0.6) is 0 Å². The highest BCUT2D eigenvalue weighted by Crippen LogP contribution is 2.00. The summed E-state index contributed by atoms with van der Waals surface area (Å²) in [5.41, 5.74) is 0.901. The topological polar surface area (TPSA) is 162 Å². The lowest BCUT2D eigenvalue weighted by atomic mass is 10.2. The van der Waals surface area contributed by atoms with Gasteiger partial charge in [-0.3, -0.25) is 13.9 Å². The third kappa shape index (κ3) is 16.2. The Balaban J connectivity index is 0.000000922. The Morgan fingerprint density at radius 1 is 1.04 bits per heavy atom. The molecule has 2 amide bonds. The first kappa shape index (κ1) is 21.8. The molecule has 0 radical (unpaired) electrons. The van der Waals surface area contributed by atoms with Gasteiger partial charge in [0.2, 0.25) is 5.91 Å². The second-order valence-corrected chi connectivity index (χ2v) is 5.16. The van der Waals surface area contributed by atoms with Crippen LogP contribution in [0, 0.1) is 0 Å². The molecule has 136 valence electrons. The fourth-order valence-corrected chi connectivity index (χ4v) is 1.34. The Bertz CT molecular complexity index is 583. The minimum Gasteiger partial charge on any atom is -0.445 e. The molecule has 1 aromatic carbocycles. The Hall–Kier alpha value is -2.21. The van der Waals surface area contributed by atoms with Crippen LogP contribution in [0.3, 0.4) is 0 Å². The van der Waals surface area contributed by atoms with E-state index in [0.29, 0.717) is 0 Å². The van der Waals surface area contributed by atoms with Gasteiger partial charge in [0.25, 0.3) is 0 Å². The molecule has 0 aliphatic rings. The lowest BCUT2D eigenvalue weighted by molar-refractivity contribution is -0.121. The van der Waals surface area contributed by atoms with Crippen molar-refractivity contribution in [3.8, 4) is 0 Å². The van der Waals surface area contributed by atoms with Crippen LogP contribution in [-0.4, -0.2) is 54.3 Å². The molecule has 0 bridgehead atoms. The maximum Gasteiger partial charge on any atom is 0.407 e. The molecule has 0 aromatic heterocycles. The lowest BCUT2D eigenvalue weighted by Gasteiger charge is -2.07. The van der Waals surface area contributed by atoms with E-state index in [9.17, 15) is 9.59 Å². The molecule has 1 aromatic rings. The summed E-state index contributed by atoms with van der Waals surface area (Å²) in [5, 5.41) is 13.5. The van der Waals surface area contributed by atoms with Crippen molar-refractivity contribution >= 4 is 22.4 Å². The van der Waals surface area contributed by atoms with Crippen molar-refractivity contribution in [2.45, 2.75) is 13.0 Å². The fourth-order valence-electron chi connectivity index (χ4n) is 1.34. The zero-order chi connectivity index (χ0) is 18.4. The SMILES string of the molecule is O=C(CCNC(=O)OCc1ccccc1)NCCO.O=S(=O)(O)O. The molecule has 0 fully saturated rings. The maximum atomic E-state index is 11.3. The molecule has 10 nitrogen and oxygen atoms in total. The van der Waals surface area contributed by atoms with E-state index in [0.717, 1.165) is 5.56 Å². The predicted molar refractivity (Wildman–Crippen MR) is 83.5 cm³/mol. The highest BCUT2D eigenvalue weighted by molar-refractivity contribution is 7.79. The lowest BCUT2D eigenvalue weighted by Crippen LogP contribution is -2.32. The largest absolute Gasteiger partial charge is 0.445 e.